The number of aromatic nitrogens is 2. The summed E-state index contributed by atoms with van der Waals surface area (Å²) >= 11 is 3.37. The molecule has 1 aliphatic rings. The molecule has 19 heavy (non-hydrogen) atoms. The SMILES string of the molecule is Fc1c(C#CC2CCOCC2)c(Br)cc2cn[nH]c12. The van der Waals surface area contributed by atoms with Crippen LogP contribution in [0.3, 0.4) is 0 Å². The van der Waals surface area contributed by atoms with Crippen LogP contribution in [0.4, 0.5) is 4.39 Å². The summed E-state index contributed by atoms with van der Waals surface area (Å²) in [5.74, 6) is 6.04. The van der Waals surface area contributed by atoms with Gasteiger partial charge in [-0.1, -0.05) is 11.8 Å². The molecular formula is C14H12BrFN2O. The number of H-pyrrole nitrogens is 1. The number of ether oxygens (including phenoxy) is 1. The number of halogens is 2. The summed E-state index contributed by atoms with van der Waals surface area (Å²) < 4.78 is 20.2. The molecule has 2 heterocycles. The summed E-state index contributed by atoms with van der Waals surface area (Å²) in [5, 5.41) is 7.24. The normalized spacial score (nSPS) is 16.3. The Kier molecular flexibility index (Phi) is 3.54. The molecule has 3 rings (SSSR count). The molecule has 1 aliphatic heterocycles. The van der Waals surface area contributed by atoms with E-state index in [9.17, 15) is 4.39 Å². The van der Waals surface area contributed by atoms with Gasteiger partial charge in [-0.25, -0.2) is 4.39 Å². The van der Waals surface area contributed by atoms with E-state index in [-0.39, 0.29) is 11.7 Å². The summed E-state index contributed by atoms with van der Waals surface area (Å²) in [4.78, 5) is 0. The molecule has 0 unspecified atom stereocenters. The van der Waals surface area contributed by atoms with Gasteiger partial charge in [-0.2, -0.15) is 5.10 Å². The summed E-state index contributed by atoms with van der Waals surface area (Å²) in [7, 11) is 0. The third kappa shape index (κ3) is 2.51. The maximum Gasteiger partial charge on any atom is 0.165 e. The Balaban J connectivity index is 1.98. The van der Waals surface area contributed by atoms with Crippen LogP contribution in [-0.2, 0) is 4.74 Å². The zero-order valence-electron chi connectivity index (χ0n) is 10.2. The van der Waals surface area contributed by atoms with Crippen LogP contribution in [0, 0.1) is 23.6 Å². The molecule has 1 aromatic heterocycles. The van der Waals surface area contributed by atoms with Gasteiger partial charge in [0, 0.05) is 29.0 Å². The number of hydrogen-bond donors (Lipinski definition) is 1. The van der Waals surface area contributed by atoms with E-state index in [1.54, 1.807) is 6.20 Å². The van der Waals surface area contributed by atoms with Crippen molar-refractivity contribution in [3.63, 3.8) is 0 Å². The Labute approximate surface area is 118 Å². The molecule has 0 aliphatic carbocycles. The van der Waals surface area contributed by atoms with Crippen molar-refractivity contribution in [3.8, 4) is 11.8 Å². The second-order valence-electron chi connectivity index (χ2n) is 4.54. The van der Waals surface area contributed by atoms with Crippen LogP contribution >= 0.6 is 15.9 Å². The Bertz CT molecular complexity index is 665. The zero-order chi connectivity index (χ0) is 13.2. The van der Waals surface area contributed by atoms with Crippen molar-refractivity contribution in [2.75, 3.05) is 13.2 Å². The molecule has 2 aromatic rings. The van der Waals surface area contributed by atoms with Crippen LogP contribution in [0.15, 0.2) is 16.7 Å². The van der Waals surface area contributed by atoms with E-state index in [0.717, 1.165) is 31.4 Å². The van der Waals surface area contributed by atoms with Crippen LogP contribution in [0.5, 0.6) is 0 Å². The molecule has 1 saturated heterocycles. The standard InChI is InChI=1S/C14H12BrFN2O/c15-12-7-10-8-17-18-14(10)13(16)11(12)2-1-9-3-5-19-6-4-9/h7-9H,3-6H2,(H,17,18). The summed E-state index contributed by atoms with van der Waals surface area (Å²) in [6.45, 7) is 1.48. The van der Waals surface area contributed by atoms with Crippen LogP contribution in [-0.4, -0.2) is 23.4 Å². The number of nitrogens with zero attached hydrogens (tertiary/aromatic N) is 1. The lowest BCUT2D eigenvalue weighted by Crippen LogP contribution is -2.13. The second-order valence-corrected chi connectivity index (χ2v) is 5.39. The molecule has 0 atom stereocenters. The molecule has 0 spiro atoms. The number of fused-ring (bicyclic) bond motifs is 1. The van der Waals surface area contributed by atoms with Crippen molar-refractivity contribution in [2.45, 2.75) is 12.8 Å². The fraction of sp³-hybridized carbons (Fsp3) is 0.357. The summed E-state index contributed by atoms with van der Waals surface area (Å²) in [6, 6.07) is 1.83. The summed E-state index contributed by atoms with van der Waals surface area (Å²) in [5.41, 5.74) is 0.794. The first kappa shape index (κ1) is 12.6. The van der Waals surface area contributed by atoms with Crippen LogP contribution in [0.25, 0.3) is 10.9 Å². The lowest BCUT2D eigenvalue weighted by molar-refractivity contribution is 0.0807. The van der Waals surface area contributed by atoms with Crippen LogP contribution in [0.2, 0.25) is 0 Å². The molecule has 1 N–H and O–H groups in total. The largest absolute Gasteiger partial charge is 0.381 e. The Morgan fingerprint density at radius 2 is 2.21 bits per heavy atom. The highest BCUT2D eigenvalue weighted by Gasteiger charge is 2.13. The van der Waals surface area contributed by atoms with E-state index in [1.807, 2.05) is 6.07 Å². The van der Waals surface area contributed by atoms with Gasteiger partial charge in [0.1, 0.15) is 5.52 Å². The predicted octanol–water partition coefficient (Wildman–Crippen LogP) is 3.24. The fourth-order valence-electron chi connectivity index (χ4n) is 2.15. The Morgan fingerprint density at radius 3 is 3.00 bits per heavy atom. The minimum absolute atomic E-state index is 0.289. The highest BCUT2D eigenvalue weighted by atomic mass is 79.9. The first-order valence-electron chi connectivity index (χ1n) is 6.16. The number of rotatable bonds is 0. The topological polar surface area (TPSA) is 37.9 Å². The molecule has 5 heteroatoms. The monoisotopic (exact) mass is 322 g/mol. The average molecular weight is 323 g/mol. The smallest absolute Gasteiger partial charge is 0.165 e. The molecule has 0 saturated carbocycles. The van der Waals surface area contributed by atoms with Crippen LogP contribution in [0.1, 0.15) is 18.4 Å². The molecule has 3 nitrogen and oxygen atoms in total. The fourth-order valence-corrected chi connectivity index (χ4v) is 2.67. The number of nitrogens with one attached hydrogen (secondary N) is 1. The second kappa shape index (κ2) is 5.32. The Hall–Kier alpha value is -1.38. The van der Waals surface area contributed by atoms with Crippen molar-refractivity contribution in [1.29, 1.82) is 0 Å². The third-order valence-electron chi connectivity index (χ3n) is 3.25. The van der Waals surface area contributed by atoms with Gasteiger partial charge < -0.3 is 4.74 Å². The molecule has 1 aromatic carbocycles. The van der Waals surface area contributed by atoms with E-state index in [2.05, 4.69) is 38.0 Å². The molecule has 0 amide bonds. The van der Waals surface area contributed by atoms with Gasteiger partial charge in [-0.3, -0.25) is 5.10 Å². The molecular weight excluding hydrogens is 311 g/mol. The maximum atomic E-state index is 14.3. The highest BCUT2D eigenvalue weighted by molar-refractivity contribution is 9.10. The van der Waals surface area contributed by atoms with Crippen molar-refractivity contribution in [2.24, 2.45) is 5.92 Å². The molecule has 98 valence electrons. The van der Waals surface area contributed by atoms with Gasteiger partial charge in [0.15, 0.2) is 5.82 Å². The van der Waals surface area contributed by atoms with E-state index < -0.39 is 0 Å². The van der Waals surface area contributed by atoms with E-state index in [4.69, 9.17) is 4.74 Å². The predicted molar refractivity (Wildman–Crippen MR) is 74.2 cm³/mol. The van der Waals surface area contributed by atoms with E-state index >= 15 is 0 Å². The lowest BCUT2D eigenvalue weighted by atomic mass is 10.0. The average Bonchev–Trinajstić information content (AvgIpc) is 2.88. The van der Waals surface area contributed by atoms with Crippen molar-refractivity contribution in [3.05, 3.63) is 28.1 Å². The van der Waals surface area contributed by atoms with Gasteiger partial charge in [0.2, 0.25) is 0 Å². The van der Waals surface area contributed by atoms with E-state index in [0.29, 0.717) is 15.6 Å². The minimum Gasteiger partial charge on any atom is -0.381 e. The number of aromatic amines is 1. The Morgan fingerprint density at radius 1 is 1.42 bits per heavy atom. The summed E-state index contributed by atoms with van der Waals surface area (Å²) in [6.07, 6.45) is 3.43. The minimum atomic E-state index is -0.346. The highest BCUT2D eigenvalue weighted by Crippen LogP contribution is 2.26. The van der Waals surface area contributed by atoms with Gasteiger partial charge in [0.05, 0.1) is 11.8 Å². The third-order valence-corrected chi connectivity index (χ3v) is 3.88. The van der Waals surface area contributed by atoms with E-state index in [1.165, 1.54) is 0 Å². The zero-order valence-corrected chi connectivity index (χ0v) is 11.8. The lowest BCUT2D eigenvalue weighted by Gasteiger charge is -2.16. The number of benzene rings is 1. The van der Waals surface area contributed by atoms with Gasteiger partial charge >= 0.3 is 0 Å². The van der Waals surface area contributed by atoms with Gasteiger partial charge in [-0.05, 0) is 34.8 Å². The molecule has 1 fully saturated rings. The quantitative estimate of drug-likeness (QED) is 0.756. The number of hydrogen-bond acceptors (Lipinski definition) is 2. The molecule has 0 bridgehead atoms. The molecule has 0 radical (unpaired) electrons. The van der Waals surface area contributed by atoms with Gasteiger partial charge in [-0.15, -0.1) is 0 Å². The first-order chi connectivity index (χ1) is 9.25. The first-order valence-corrected chi connectivity index (χ1v) is 6.95. The van der Waals surface area contributed by atoms with Gasteiger partial charge in [0.25, 0.3) is 0 Å². The van der Waals surface area contributed by atoms with Crippen molar-refractivity contribution in [1.82, 2.24) is 10.2 Å². The van der Waals surface area contributed by atoms with Crippen molar-refractivity contribution >= 4 is 26.8 Å². The van der Waals surface area contributed by atoms with Crippen LogP contribution < -0.4 is 0 Å². The van der Waals surface area contributed by atoms with Crippen molar-refractivity contribution < 1.29 is 9.13 Å². The maximum absolute atomic E-state index is 14.3.